The van der Waals surface area contributed by atoms with Crippen LogP contribution in [-0.4, -0.2) is 0 Å². The third kappa shape index (κ3) is 3.13. The van der Waals surface area contributed by atoms with Gasteiger partial charge in [0.1, 0.15) is 0 Å². The van der Waals surface area contributed by atoms with Crippen LogP contribution in [0.2, 0.25) is 0 Å². The van der Waals surface area contributed by atoms with E-state index in [-0.39, 0.29) is 6.04 Å². The normalized spacial score (nSPS) is 12.3. The highest BCUT2D eigenvalue weighted by atomic mass is 79.9. The van der Waals surface area contributed by atoms with E-state index < -0.39 is 11.6 Å². The first kappa shape index (κ1) is 14.0. The van der Waals surface area contributed by atoms with E-state index in [0.29, 0.717) is 5.56 Å². The highest BCUT2D eigenvalue weighted by Gasteiger charge is 2.14. The molecule has 0 heterocycles. The molecule has 0 aliphatic rings. The second-order valence-corrected chi connectivity index (χ2v) is 5.38. The predicted octanol–water partition coefficient (Wildman–Crippen LogP) is 5.21. The largest absolute Gasteiger partial charge is 0.378 e. The van der Waals surface area contributed by atoms with E-state index in [2.05, 4.69) is 21.2 Å². The van der Waals surface area contributed by atoms with E-state index in [0.717, 1.165) is 21.8 Å². The molecular weight excluding hydrogens is 312 g/mol. The molecule has 0 aliphatic carbocycles. The van der Waals surface area contributed by atoms with Crippen LogP contribution < -0.4 is 5.32 Å². The van der Waals surface area contributed by atoms with Crippen molar-refractivity contribution in [3.8, 4) is 0 Å². The van der Waals surface area contributed by atoms with Gasteiger partial charge in [-0.15, -0.1) is 0 Å². The molecule has 1 unspecified atom stereocenters. The van der Waals surface area contributed by atoms with Gasteiger partial charge in [0.25, 0.3) is 0 Å². The summed E-state index contributed by atoms with van der Waals surface area (Å²) < 4.78 is 27.9. The lowest BCUT2D eigenvalue weighted by Crippen LogP contribution is -2.10. The Kier molecular flexibility index (Phi) is 4.20. The lowest BCUT2D eigenvalue weighted by molar-refractivity contribution is 0.494. The molecule has 100 valence electrons. The highest BCUT2D eigenvalue weighted by Crippen LogP contribution is 2.27. The standard InChI is InChI=1S/C15H14BrF2N/c1-9-6-7-11(16)8-14(9)19-10(2)12-4-3-5-13(17)15(12)18/h3-8,10,19H,1-2H3. The van der Waals surface area contributed by atoms with Crippen molar-refractivity contribution in [1.29, 1.82) is 0 Å². The average molecular weight is 326 g/mol. The Bertz CT molecular complexity index is 599. The molecule has 4 heteroatoms. The number of benzene rings is 2. The van der Waals surface area contributed by atoms with Gasteiger partial charge in [-0.1, -0.05) is 34.1 Å². The van der Waals surface area contributed by atoms with Gasteiger partial charge in [-0.25, -0.2) is 8.78 Å². The number of nitrogens with one attached hydrogen (secondary N) is 1. The first-order valence-corrected chi connectivity index (χ1v) is 6.75. The minimum Gasteiger partial charge on any atom is -0.378 e. The van der Waals surface area contributed by atoms with Crippen molar-refractivity contribution in [2.75, 3.05) is 5.32 Å². The van der Waals surface area contributed by atoms with E-state index in [1.807, 2.05) is 25.1 Å². The lowest BCUT2D eigenvalue weighted by Gasteiger charge is -2.18. The van der Waals surface area contributed by atoms with Gasteiger partial charge < -0.3 is 5.32 Å². The van der Waals surface area contributed by atoms with Crippen LogP contribution in [0.15, 0.2) is 40.9 Å². The van der Waals surface area contributed by atoms with Crippen molar-refractivity contribution >= 4 is 21.6 Å². The Labute approximate surface area is 119 Å². The monoisotopic (exact) mass is 325 g/mol. The van der Waals surface area contributed by atoms with E-state index in [1.54, 1.807) is 13.0 Å². The fraction of sp³-hybridized carbons (Fsp3) is 0.200. The molecule has 0 aliphatic heterocycles. The third-order valence-corrected chi connectivity index (χ3v) is 3.51. The molecule has 0 amide bonds. The molecule has 0 saturated carbocycles. The molecule has 0 fully saturated rings. The Morgan fingerprint density at radius 2 is 1.89 bits per heavy atom. The van der Waals surface area contributed by atoms with Crippen LogP contribution in [0, 0.1) is 18.6 Å². The Morgan fingerprint density at radius 1 is 1.16 bits per heavy atom. The summed E-state index contributed by atoms with van der Waals surface area (Å²) in [6.07, 6.45) is 0. The summed E-state index contributed by atoms with van der Waals surface area (Å²) in [6, 6.07) is 9.72. The molecule has 1 nitrogen and oxygen atoms in total. The van der Waals surface area contributed by atoms with E-state index in [9.17, 15) is 8.78 Å². The van der Waals surface area contributed by atoms with Gasteiger partial charge in [-0.3, -0.25) is 0 Å². The minimum atomic E-state index is -0.822. The number of hydrogen-bond donors (Lipinski definition) is 1. The van der Waals surface area contributed by atoms with Crippen LogP contribution in [0.25, 0.3) is 0 Å². The van der Waals surface area contributed by atoms with Gasteiger partial charge in [0.15, 0.2) is 11.6 Å². The highest BCUT2D eigenvalue weighted by molar-refractivity contribution is 9.10. The fourth-order valence-electron chi connectivity index (χ4n) is 1.92. The van der Waals surface area contributed by atoms with Gasteiger partial charge in [-0.05, 0) is 37.6 Å². The van der Waals surface area contributed by atoms with Gasteiger partial charge in [0.2, 0.25) is 0 Å². The maximum Gasteiger partial charge on any atom is 0.164 e. The fourth-order valence-corrected chi connectivity index (χ4v) is 2.28. The van der Waals surface area contributed by atoms with Gasteiger partial charge in [0.05, 0.1) is 6.04 Å². The summed E-state index contributed by atoms with van der Waals surface area (Å²) in [6.45, 7) is 3.77. The summed E-state index contributed by atoms with van der Waals surface area (Å²) in [5, 5.41) is 3.20. The number of rotatable bonds is 3. The zero-order chi connectivity index (χ0) is 14.0. The minimum absolute atomic E-state index is 0.316. The first-order chi connectivity index (χ1) is 8.99. The SMILES string of the molecule is Cc1ccc(Br)cc1NC(C)c1cccc(F)c1F. The summed E-state index contributed by atoms with van der Waals surface area (Å²) in [4.78, 5) is 0. The summed E-state index contributed by atoms with van der Waals surface area (Å²) in [7, 11) is 0. The van der Waals surface area contributed by atoms with E-state index in [1.165, 1.54) is 6.07 Å². The molecule has 2 aromatic rings. The number of aryl methyl sites for hydroxylation is 1. The smallest absolute Gasteiger partial charge is 0.164 e. The van der Waals surface area contributed by atoms with E-state index >= 15 is 0 Å². The summed E-state index contributed by atoms with van der Waals surface area (Å²) >= 11 is 3.39. The quantitative estimate of drug-likeness (QED) is 0.816. The number of halogens is 3. The van der Waals surface area contributed by atoms with Crippen LogP contribution in [0.4, 0.5) is 14.5 Å². The predicted molar refractivity (Wildman–Crippen MR) is 77.3 cm³/mol. The lowest BCUT2D eigenvalue weighted by atomic mass is 10.1. The summed E-state index contributed by atoms with van der Waals surface area (Å²) in [5.74, 6) is -1.62. The molecule has 19 heavy (non-hydrogen) atoms. The molecule has 1 N–H and O–H groups in total. The zero-order valence-electron chi connectivity index (χ0n) is 10.7. The van der Waals surface area contributed by atoms with Crippen LogP contribution in [-0.2, 0) is 0 Å². The molecule has 0 radical (unpaired) electrons. The molecule has 0 aromatic heterocycles. The molecule has 2 aromatic carbocycles. The second-order valence-electron chi connectivity index (χ2n) is 4.47. The molecule has 2 rings (SSSR count). The van der Waals surface area contributed by atoms with Crippen molar-refractivity contribution in [2.24, 2.45) is 0 Å². The van der Waals surface area contributed by atoms with Crippen LogP contribution in [0.1, 0.15) is 24.1 Å². The Morgan fingerprint density at radius 3 is 2.63 bits per heavy atom. The molecule has 0 saturated heterocycles. The molecular formula is C15H14BrF2N. The molecule has 0 bridgehead atoms. The third-order valence-electron chi connectivity index (χ3n) is 3.02. The van der Waals surface area contributed by atoms with Crippen LogP contribution in [0.3, 0.4) is 0 Å². The maximum absolute atomic E-state index is 13.7. The van der Waals surface area contributed by atoms with Crippen molar-refractivity contribution < 1.29 is 8.78 Å². The van der Waals surface area contributed by atoms with Gasteiger partial charge in [0, 0.05) is 15.7 Å². The number of hydrogen-bond acceptors (Lipinski definition) is 1. The van der Waals surface area contributed by atoms with Crippen LogP contribution >= 0.6 is 15.9 Å². The maximum atomic E-state index is 13.7. The van der Waals surface area contributed by atoms with Gasteiger partial charge >= 0.3 is 0 Å². The first-order valence-electron chi connectivity index (χ1n) is 5.95. The zero-order valence-corrected chi connectivity index (χ0v) is 12.3. The van der Waals surface area contributed by atoms with Crippen molar-refractivity contribution in [2.45, 2.75) is 19.9 Å². The van der Waals surface area contributed by atoms with Gasteiger partial charge in [-0.2, -0.15) is 0 Å². The second kappa shape index (κ2) is 5.70. The van der Waals surface area contributed by atoms with Crippen molar-refractivity contribution in [3.05, 3.63) is 63.6 Å². The van der Waals surface area contributed by atoms with Crippen molar-refractivity contribution in [1.82, 2.24) is 0 Å². The molecule has 1 atom stereocenters. The summed E-state index contributed by atoms with van der Waals surface area (Å²) in [5.41, 5.74) is 2.26. The Balaban J connectivity index is 2.28. The average Bonchev–Trinajstić information content (AvgIpc) is 2.37. The molecule has 0 spiro atoms. The van der Waals surface area contributed by atoms with Crippen LogP contribution in [0.5, 0.6) is 0 Å². The topological polar surface area (TPSA) is 12.0 Å². The Hall–Kier alpha value is -1.42. The van der Waals surface area contributed by atoms with Crippen molar-refractivity contribution in [3.63, 3.8) is 0 Å². The number of anilines is 1. The van der Waals surface area contributed by atoms with E-state index in [4.69, 9.17) is 0 Å².